The van der Waals surface area contributed by atoms with Crippen LogP contribution in [0.2, 0.25) is 5.15 Å². The van der Waals surface area contributed by atoms with E-state index in [1.165, 1.54) is 0 Å². The maximum atomic E-state index is 6.13. The highest BCUT2D eigenvalue weighted by atomic mass is 79.9. The Hall–Kier alpha value is -0.690. The van der Waals surface area contributed by atoms with Crippen molar-refractivity contribution in [1.82, 2.24) is 9.97 Å². The van der Waals surface area contributed by atoms with Crippen molar-refractivity contribution < 1.29 is 9.47 Å². The molecular formula is C13H11Br2ClN2O2. The van der Waals surface area contributed by atoms with E-state index in [4.69, 9.17) is 21.1 Å². The zero-order chi connectivity index (χ0) is 14.7. The fourth-order valence-electron chi connectivity index (χ4n) is 1.62. The summed E-state index contributed by atoms with van der Waals surface area (Å²) >= 11 is 13.0. The molecular weight excluding hydrogens is 411 g/mol. The highest BCUT2D eigenvalue weighted by molar-refractivity contribution is 9.11. The molecule has 0 bridgehead atoms. The number of nitrogens with zero attached hydrogens (tertiary/aromatic N) is 2. The van der Waals surface area contributed by atoms with Crippen LogP contribution >= 0.6 is 43.5 Å². The number of aromatic nitrogens is 2. The monoisotopic (exact) mass is 420 g/mol. The SMILES string of the molecule is COCc1nc(-c2cc(OC)ccc2Br)nc(Cl)c1Br. The van der Waals surface area contributed by atoms with Gasteiger partial charge >= 0.3 is 0 Å². The summed E-state index contributed by atoms with van der Waals surface area (Å²) in [7, 11) is 3.21. The highest BCUT2D eigenvalue weighted by Gasteiger charge is 2.14. The minimum absolute atomic E-state index is 0.344. The molecule has 0 saturated carbocycles. The molecule has 0 saturated heterocycles. The molecule has 1 heterocycles. The van der Waals surface area contributed by atoms with Crippen molar-refractivity contribution in [3.05, 3.63) is 38.0 Å². The van der Waals surface area contributed by atoms with E-state index in [-0.39, 0.29) is 0 Å². The zero-order valence-electron chi connectivity index (χ0n) is 10.8. The zero-order valence-corrected chi connectivity index (χ0v) is 14.7. The molecule has 0 aliphatic heterocycles. The molecule has 0 unspecified atom stereocenters. The van der Waals surface area contributed by atoms with Crippen LogP contribution < -0.4 is 4.74 Å². The Morgan fingerprint density at radius 2 is 1.95 bits per heavy atom. The van der Waals surface area contributed by atoms with Crippen LogP contribution in [0.15, 0.2) is 27.1 Å². The third-order valence-electron chi connectivity index (χ3n) is 2.57. The molecule has 0 aliphatic rings. The molecule has 106 valence electrons. The number of rotatable bonds is 4. The Bertz CT molecular complexity index is 638. The molecule has 7 heteroatoms. The van der Waals surface area contributed by atoms with Gasteiger partial charge in [0.1, 0.15) is 10.9 Å². The fourth-order valence-corrected chi connectivity index (χ4v) is 2.52. The number of ether oxygens (including phenoxy) is 2. The van der Waals surface area contributed by atoms with Crippen LogP contribution in [0, 0.1) is 0 Å². The van der Waals surface area contributed by atoms with E-state index in [9.17, 15) is 0 Å². The number of hydrogen-bond donors (Lipinski definition) is 0. The molecule has 0 aliphatic carbocycles. The van der Waals surface area contributed by atoms with Gasteiger partial charge in [-0.05, 0) is 34.1 Å². The molecule has 0 N–H and O–H groups in total. The highest BCUT2D eigenvalue weighted by Crippen LogP contribution is 2.33. The van der Waals surface area contributed by atoms with E-state index in [0.717, 1.165) is 15.8 Å². The maximum Gasteiger partial charge on any atom is 0.162 e. The van der Waals surface area contributed by atoms with Gasteiger partial charge in [-0.15, -0.1) is 0 Å². The Morgan fingerprint density at radius 1 is 1.20 bits per heavy atom. The summed E-state index contributed by atoms with van der Waals surface area (Å²) in [6, 6.07) is 5.58. The second-order valence-electron chi connectivity index (χ2n) is 3.88. The molecule has 2 aromatic rings. The van der Waals surface area contributed by atoms with Gasteiger partial charge in [-0.2, -0.15) is 0 Å². The predicted octanol–water partition coefficient (Wildman–Crippen LogP) is 4.48. The van der Waals surface area contributed by atoms with Crippen molar-refractivity contribution in [2.75, 3.05) is 14.2 Å². The lowest BCUT2D eigenvalue weighted by atomic mass is 10.2. The fraction of sp³-hybridized carbons (Fsp3) is 0.231. The quantitative estimate of drug-likeness (QED) is 0.682. The Kier molecular flexibility index (Phi) is 5.37. The van der Waals surface area contributed by atoms with E-state index >= 15 is 0 Å². The lowest BCUT2D eigenvalue weighted by Gasteiger charge is -2.10. The predicted molar refractivity (Wildman–Crippen MR) is 85.1 cm³/mol. The molecule has 4 nitrogen and oxygen atoms in total. The van der Waals surface area contributed by atoms with Gasteiger partial charge in [0.25, 0.3) is 0 Å². The summed E-state index contributed by atoms with van der Waals surface area (Å²) in [4.78, 5) is 8.76. The van der Waals surface area contributed by atoms with Gasteiger partial charge in [-0.1, -0.05) is 27.5 Å². The van der Waals surface area contributed by atoms with Gasteiger partial charge in [0, 0.05) is 17.1 Å². The van der Waals surface area contributed by atoms with Gasteiger partial charge in [0.2, 0.25) is 0 Å². The minimum Gasteiger partial charge on any atom is -0.497 e. The Balaban J connectivity index is 2.57. The molecule has 0 spiro atoms. The number of methoxy groups -OCH3 is 2. The molecule has 0 radical (unpaired) electrons. The largest absolute Gasteiger partial charge is 0.497 e. The average Bonchev–Trinajstić information content (AvgIpc) is 2.44. The first kappa shape index (κ1) is 15.7. The summed E-state index contributed by atoms with van der Waals surface area (Å²) in [5.74, 6) is 1.23. The molecule has 1 aromatic carbocycles. The van der Waals surface area contributed by atoms with Gasteiger partial charge < -0.3 is 9.47 Å². The standard InChI is InChI=1S/C13H11Br2ClN2O2/c1-19-6-10-11(15)12(16)18-13(17-10)8-5-7(20-2)3-4-9(8)14/h3-5H,6H2,1-2H3. The summed E-state index contributed by atoms with van der Waals surface area (Å²) in [5.41, 5.74) is 1.49. The molecule has 2 rings (SSSR count). The van der Waals surface area contributed by atoms with Gasteiger partial charge in [-0.3, -0.25) is 0 Å². The van der Waals surface area contributed by atoms with Crippen LogP contribution in [0.1, 0.15) is 5.69 Å². The Labute approximate surface area is 138 Å². The molecule has 1 aromatic heterocycles. The van der Waals surface area contributed by atoms with E-state index < -0.39 is 0 Å². The normalized spacial score (nSPS) is 10.7. The summed E-state index contributed by atoms with van der Waals surface area (Å²) in [6.45, 7) is 0.345. The summed E-state index contributed by atoms with van der Waals surface area (Å²) in [6.07, 6.45) is 0. The number of halogens is 3. The Morgan fingerprint density at radius 3 is 2.60 bits per heavy atom. The van der Waals surface area contributed by atoms with Crippen molar-refractivity contribution in [2.24, 2.45) is 0 Å². The van der Waals surface area contributed by atoms with Crippen LogP contribution in [-0.2, 0) is 11.3 Å². The lowest BCUT2D eigenvalue weighted by Crippen LogP contribution is -2.00. The second kappa shape index (κ2) is 6.85. The molecule has 0 atom stereocenters. The van der Waals surface area contributed by atoms with Crippen LogP contribution in [0.5, 0.6) is 5.75 Å². The van der Waals surface area contributed by atoms with Gasteiger partial charge in [0.05, 0.1) is 23.9 Å². The first-order valence-electron chi connectivity index (χ1n) is 5.61. The van der Waals surface area contributed by atoms with E-state index in [1.807, 2.05) is 18.2 Å². The first-order valence-corrected chi connectivity index (χ1v) is 7.58. The number of hydrogen-bond acceptors (Lipinski definition) is 4. The minimum atomic E-state index is 0.344. The van der Waals surface area contributed by atoms with Crippen LogP contribution in [-0.4, -0.2) is 24.2 Å². The van der Waals surface area contributed by atoms with Gasteiger partial charge in [-0.25, -0.2) is 9.97 Å². The van der Waals surface area contributed by atoms with Crippen molar-refractivity contribution in [1.29, 1.82) is 0 Å². The second-order valence-corrected chi connectivity index (χ2v) is 5.88. The van der Waals surface area contributed by atoms with E-state index in [1.54, 1.807) is 14.2 Å². The van der Waals surface area contributed by atoms with Gasteiger partial charge in [0.15, 0.2) is 5.82 Å². The van der Waals surface area contributed by atoms with Crippen molar-refractivity contribution >= 4 is 43.5 Å². The summed E-state index contributed by atoms with van der Waals surface area (Å²) in [5, 5.41) is 0.344. The third-order valence-corrected chi connectivity index (χ3v) is 4.60. The smallest absolute Gasteiger partial charge is 0.162 e. The lowest BCUT2D eigenvalue weighted by molar-refractivity contribution is 0.181. The first-order chi connectivity index (χ1) is 9.56. The van der Waals surface area contributed by atoms with Crippen molar-refractivity contribution in [3.63, 3.8) is 0 Å². The maximum absolute atomic E-state index is 6.13. The van der Waals surface area contributed by atoms with Crippen molar-refractivity contribution in [3.8, 4) is 17.1 Å². The van der Waals surface area contributed by atoms with Crippen LogP contribution in [0.4, 0.5) is 0 Å². The van der Waals surface area contributed by atoms with E-state index in [0.29, 0.717) is 27.8 Å². The van der Waals surface area contributed by atoms with Crippen LogP contribution in [0.3, 0.4) is 0 Å². The van der Waals surface area contributed by atoms with Crippen molar-refractivity contribution in [2.45, 2.75) is 6.61 Å². The summed E-state index contributed by atoms with van der Waals surface area (Å²) < 4.78 is 11.8. The molecule has 20 heavy (non-hydrogen) atoms. The topological polar surface area (TPSA) is 44.2 Å². The number of benzene rings is 1. The molecule has 0 amide bonds. The van der Waals surface area contributed by atoms with E-state index in [2.05, 4.69) is 41.8 Å². The third kappa shape index (κ3) is 3.31. The average molecular weight is 423 g/mol. The molecule has 0 fully saturated rings. The van der Waals surface area contributed by atoms with Crippen LogP contribution in [0.25, 0.3) is 11.4 Å².